The van der Waals surface area contributed by atoms with Crippen molar-refractivity contribution in [1.29, 1.82) is 0 Å². The van der Waals surface area contributed by atoms with Gasteiger partial charge in [-0.3, -0.25) is 4.79 Å². The highest BCUT2D eigenvalue weighted by molar-refractivity contribution is 5.76. The molecular formula is C14H19F3N2O2. The Morgan fingerprint density at radius 1 is 1.29 bits per heavy atom. The summed E-state index contributed by atoms with van der Waals surface area (Å²) in [6.07, 6.45) is -3.92. The second-order valence-corrected chi connectivity index (χ2v) is 4.61. The second-order valence-electron chi connectivity index (χ2n) is 4.61. The van der Waals surface area contributed by atoms with Crippen LogP contribution in [0.25, 0.3) is 0 Å². The Morgan fingerprint density at radius 3 is 2.52 bits per heavy atom. The van der Waals surface area contributed by atoms with Gasteiger partial charge in [0.05, 0.1) is 6.61 Å². The van der Waals surface area contributed by atoms with Gasteiger partial charge in [-0.2, -0.15) is 13.2 Å². The number of halogens is 3. The summed E-state index contributed by atoms with van der Waals surface area (Å²) in [5.74, 6) is -0.372. The van der Waals surface area contributed by atoms with Crippen LogP contribution in [0.3, 0.4) is 0 Å². The van der Waals surface area contributed by atoms with Crippen LogP contribution >= 0.6 is 0 Å². The number of carbonyl (C=O) groups excluding carboxylic acids is 1. The molecule has 1 atom stereocenters. The van der Waals surface area contributed by atoms with E-state index in [1.807, 2.05) is 30.3 Å². The fourth-order valence-corrected chi connectivity index (χ4v) is 1.74. The maximum atomic E-state index is 11.8. The number of alkyl halides is 3. The number of nitrogens with one attached hydrogen (secondary N) is 1. The normalized spacial score (nSPS) is 13.0. The lowest BCUT2D eigenvalue weighted by molar-refractivity contribution is -0.174. The summed E-state index contributed by atoms with van der Waals surface area (Å²) in [5.41, 5.74) is 6.62. The van der Waals surface area contributed by atoms with Crippen LogP contribution in [0.2, 0.25) is 0 Å². The summed E-state index contributed by atoms with van der Waals surface area (Å²) in [6.45, 7) is -1.36. The average molecular weight is 304 g/mol. The van der Waals surface area contributed by atoms with Gasteiger partial charge in [-0.1, -0.05) is 30.3 Å². The van der Waals surface area contributed by atoms with Crippen LogP contribution in [0.15, 0.2) is 30.3 Å². The van der Waals surface area contributed by atoms with Crippen LogP contribution < -0.4 is 11.1 Å². The molecule has 1 aromatic rings. The molecule has 0 heterocycles. The molecule has 118 valence electrons. The lowest BCUT2D eigenvalue weighted by atomic mass is 10.1. The van der Waals surface area contributed by atoms with Gasteiger partial charge < -0.3 is 15.8 Å². The highest BCUT2D eigenvalue weighted by Gasteiger charge is 2.27. The Balaban J connectivity index is 2.28. The minimum absolute atomic E-state index is 0.124. The van der Waals surface area contributed by atoms with Crippen molar-refractivity contribution in [2.75, 3.05) is 19.8 Å². The standard InChI is InChI=1S/C14H19F3N2O2/c15-14(16,17)10-21-7-6-13(20)19-12(9-18)8-11-4-2-1-3-5-11/h1-5,12H,6-10,18H2,(H,19,20). The topological polar surface area (TPSA) is 64.3 Å². The first-order valence-electron chi connectivity index (χ1n) is 6.58. The summed E-state index contributed by atoms with van der Waals surface area (Å²) < 4.78 is 39.9. The third-order valence-corrected chi connectivity index (χ3v) is 2.71. The Kier molecular flexibility index (Phi) is 7.18. The van der Waals surface area contributed by atoms with E-state index in [4.69, 9.17) is 5.73 Å². The maximum Gasteiger partial charge on any atom is 0.411 e. The third-order valence-electron chi connectivity index (χ3n) is 2.71. The second kappa shape index (κ2) is 8.63. The van der Waals surface area contributed by atoms with E-state index in [1.54, 1.807) is 0 Å². The lowest BCUT2D eigenvalue weighted by Gasteiger charge is -2.17. The van der Waals surface area contributed by atoms with Crippen molar-refractivity contribution in [3.63, 3.8) is 0 Å². The molecule has 7 heteroatoms. The molecule has 0 fully saturated rings. The van der Waals surface area contributed by atoms with Gasteiger partial charge in [0.1, 0.15) is 6.61 Å². The molecule has 1 unspecified atom stereocenters. The van der Waals surface area contributed by atoms with Crippen LogP contribution in [-0.2, 0) is 16.0 Å². The van der Waals surface area contributed by atoms with Crippen LogP contribution in [0.5, 0.6) is 0 Å². The van der Waals surface area contributed by atoms with Gasteiger partial charge in [0.2, 0.25) is 5.91 Å². The SMILES string of the molecule is NCC(Cc1ccccc1)NC(=O)CCOCC(F)(F)F. The smallest absolute Gasteiger partial charge is 0.372 e. The number of hydrogen-bond donors (Lipinski definition) is 2. The van der Waals surface area contributed by atoms with E-state index in [0.717, 1.165) is 5.56 Å². The molecular weight excluding hydrogens is 285 g/mol. The first kappa shape index (κ1) is 17.5. The van der Waals surface area contributed by atoms with Crippen LogP contribution in [0.1, 0.15) is 12.0 Å². The lowest BCUT2D eigenvalue weighted by Crippen LogP contribution is -2.42. The summed E-state index contributed by atoms with van der Waals surface area (Å²) in [7, 11) is 0. The van der Waals surface area contributed by atoms with E-state index in [2.05, 4.69) is 10.1 Å². The van der Waals surface area contributed by atoms with Crippen LogP contribution in [0.4, 0.5) is 13.2 Å². The third kappa shape index (κ3) is 8.31. The number of ether oxygens (including phenoxy) is 1. The van der Waals surface area contributed by atoms with E-state index < -0.39 is 12.8 Å². The molecule has 1 rings (SSSR count). The molecule has 3 N–H and O–H groups in total. The van der Waals surface area contributed by atoms with Gasteiger partial charge in [-0.05, 0) is 12.0 Å². The zero-order valence-electron chi connectivity index (χ0n) is 11.5. The van der Waals surface area contributed by atoms with Crippen molar-refractivity contribution in [2.24, 2.45) is 5.73 Å². The van der Waals surface area contributed by atoms with E-state index in [0.29, 0.717) is 6.42 Å². The molecule has 0 saturated carbocycles. The molecule has 21 heavy (non-hydrogen) atoms. The Labute approximate surface area is 121 Å². The molecule has 0 aliphatic heterocycles. The monoisotopic (exact) mass is 304 g/mol. The van der Waals surface area contributed by atoms with E-state index in [1.165, 1.54) is 0 Å². The van der Waals surface area contributed by atoms with Crippen LogP contribution in [0, 0.1) is 0 Å². The predicted molar refractivity (Wildman–Crippen MR) is 72.6 cm³/mol. The summed E-state index contributed by atoms with van der Waals surface area (Å²) >= 11 is 0. The molecule has 0 bridgehead atoms. The molecule has 0 saturated heterocycles. The van der Waals surface area contributed by atoms with Gasteiger partial charge in [0.25, 0.3) is 0 Å². The molecule has 4 nitrogen and oxygen atoms in total. The molecule has 1 aromatic carbocycles. The molecule has 0 aromatic heterocycles. The van der Waals surface area contributed by atoms with Crippen molar-refractivity contribution in [1.82, 2.24) is 5.32 Å². The van der Waals surface area contributed by atoms with Crippen molar-refractivity contribution in [2.45, 2.75) is 25.1 Å². The van der Waals surface area contributed by atoms with Gasteiger partial charge in [-0.15, -0.1) is 0 Å². The number of rotatable bonds is 8. The number of hydrogen-bond acceptors (Lipinski definition) is 3. The minimum Gasteiger partial charge on any atom is -0.372 e. The van der Waals surface area contributed by atoms with Crippen molar-refractivity contribution in [3.05, 3.63) is 35.9 Å². The predicted octanol–water partition coefficient (Wildman–Crippen LogP) is 1.64. The zero-order valence-corrected chi connectivity index (χ0v) is 11.5. The first-order chi connectivity index (χ1) is 9.90. The maximum absolute atomic E-state index is 11.8. The first-order valence-corrected chi connectivity index (χ1v) is 6.58. The van der Waals surface area contributed by atoms with Gasteiger partial charge in [0.15, 0.2) is 0 Å². The molecule has 0 aliphatic carbocycles. The van der Waals surface area contributed by atoms with Gasteiger partial charge >= 0.3 is 6.18 Å². The van der Waals surface area contributed by atoms with Crippen molar-refractivity contribution in [3.8, 4) is 0 Å². The van der Waals surface area contributed by atoms with Crippen molar-refractivity contribution >= 4 is 5.91 Å². The summed E-state index contributed by atoms with van der Waals surface area (Å²) in [4.78, 5) is 11.6. The Hall–Kier alpha value is -1.60. The van der Waals surface area contributed by atoms with Gasteiger partial charge in [-0.25, -0.2) is 0 Å². The fraction of sp³-hybridized carbons (Fsp3) is 0.500. The Bertz CT molecular complexity index is 424. The minimum atomic E-state index is -4.37. The average Bonchev–Trinajstić information content (AvgIpc) is 2.43. The molecule has 0 aliphatic rings. The fourth-order valence-electron chi connectivity index (χ4n) is 1.74. The molecule has 0 spiro atoms. The quantitative estimate of drug-likeness (QED) is 0.718. The number of amides is 1. The van der Waals surface area contributed by atoms with E-state index in [-0.39, 0.29) is 31.5 Å². The molecule has 1 amide bonds. The molecule has 0 radical (unpaired) electrons. The van der Waals surface area contributed by atoms with Crippen LogP contribution in [-0.4, -0.2) is 37.9 Å². The summed E-state index contributed by atoms with van der Waals surface area (Å²) in [5, 5.41) is 2.69. The van der Waals surface area contributed by atoms with Gasteiger partial charge in [0, 0.05) is 19.0 Å². The number of carbonyl (C=O) groups is 1. The summed E-state index contributed by atoms with van der Waals surface area (Å²) in [6, 6.07) is 9.24. The largest absolute Gasteiger partial charge is 0.411 e. The van der Waals surface area contributed by atoms with E-state index >= 15 is 0 Å². The number of benzene rings is 1. The number of nitrogens with two attached hydrogens (primary N) is 1. The highest BCUT2D eigenvalue weighted by Crippen LogP contribution is 2.14. The van der Waals surface area contributed by atoms with E-state index in [9.17, 15) is 18.0 Å². The Morgan fingerprint density at radius 2 is 1.95 bits per heavy atom. The zero-order chi connectivity index (χ0) is 15.7. The van der Waals surface area contributed by atoms with Crippen molar-refractivity contribution < 1.29 is 22.7 Å². The highest BCUT2D eigenvalue weighted by atomic mass is 19.4.